The zero-order valence-corrected chi connectivity index (χ0v) is 9.29. The van der Waals surface area contributed by atoms with Crippen LogP contribution in [-0.2, 0) is 6.54 Å². The summed E-state index contributed by atoms with van der Waals surface area (Å²) >= 11 is 0. The van der Waals surface area contributed by atoms with Crippen LogP contribution >= 0.6 is 0 Å². The van der Waals surface area contributed by atoms with Crippen LogP contribution in [0.25, 0.3) is 11.0 Å². The topological polar surface area (TPSA) is 49.9 Å². The van der Waals surface area contributed by atoms with Gasteiger partial charge in [-0.25, -0.2) is 4.98 Å². The smallest absolute Gasteiger partial charge is 0.121 e. The first-order chi connectivity index (χ1) is 7.85. The summed E-state index contributed by atoms with van der Waals surface area (Å²) in [4.78, 5) is 7.81. The van der Waals surface area contributed by atoms with E-state index in [9.17, 15) is 0 Å². The van der Waals surface area contributed by atoms with Gasteiger partial charge in [0.15, 0.2) is 0 Å². The molecule has 1 aliphatic rings. The molecule has 3 rings (SSSR count). The van der Waals surface area contributed by atoms with Crippen molar-refractivity contribution in [3.63, 3.8) is 0 Å². The highest BCUT2D eigenvalue weighted by Crippen LogP contribution is 2.21. The van der Waals surface area contributed by atoms with E-state index in [1.54, 1.807) is 7.11 Å². The lowest BCUT2D eigenvalue weighted by Crippen LogP contribution is -2.16. The number of fused-ring (bicyclic) bond motifs is 1. The molecule has 1 heterocycles. The molecule has 0 radical (unpaired) electrons. The molecule has 2 aromatic rings. The van der Waals surface area contributed by atoms with Crippen LogP contribution in [0.2, 0.25) is 0 Å². The van der Waals surface area contributed by atoms with Crippen molar-refractivity contribution in [3.05, 3.63) is 24.0 Å². The number of aromatic nitrogens is 2. The lowest BCUT2D eigenvalue weighted by Gasteiger charge is -1.97. The number of aromatic amines is 1. The molecule has 0 amide bonds. The number of imidazole rings is 1. The van der Waals surface area contributed by atoms with Crippen molar-refractivity contribution in [3.8, 4) is 5.75 Å². The summed E-state index contributed by atoms with van der Waals surface area (Å²) in [6.45, 7) is 0.821. The second kappa shape index (κ2) is 3.79. The Bertz CT molecular complexity index is 502. The highest BCUT2D eigenvalue weighted by molar-refractivity contribution is 5.76. The number of H-pyrrole nitrogens is 1. The number of rotatable bonds is 4. The Labute approximate surface area is 94.0 Å². The van der Waals surface area contributed by atoms with Crippen molar-refractivity contribution in [1.82, 2.24) is 15.3 Å². The molecular formula is C12H15N3O. The van der Waals surface area contributed by atoms with Crippen molar-refractivity contribution < 1.29 is 4.74 Å². The van der Waals surface area contributed by atoms with Gasteiger partial charge in [0.2, 0.25) is 0 Å². The van der Waals surface area contributed by atoms with Crippen LogP contribution in [0.4, 0.5) is 0 Å². The van der Waals surface area contributed by atoms with Crippen molar-refractivity contribution in [2.45, 2.75) is 25.4 Å². The van der Waals surface area contributed by atoms with E-state index in [0.717, 1.165) is 29.2 Å². The maximum absolute atomic E-state index is 5.18. The first kappa shape index (κ1) is 9.66. The molecule has 1 saturated carbocycles. The van der Waals surface area contributed by atoms with Crippen molar-refractivity contribution in [2.75, 3.05) is 7.11 Å². The van der Waals surface area contributed by atoms with Gasteiger partial charge in [-0.15, -0.1) is 0 Å². The summed E-state index contributed by atoms with van der Waals surface area (Å²) in [5.74, 6) is 1.85. The standard InChI is InChI=1S/C12H15N3O/c1-16-9-4-5-10-11(6-9)15-12(14-10)7-13-8-2-3-8/h4-6,8,13H,2-3,7H2,1H3,(H,14,15). The second-order valence-electron chi connectivity index (χ2n) is 4.22. The summed E-state index contributed by atoms with van der Waals surface area (Å²) in [6.07, 6.45) is 2.60. The van der Waals surface area contributed by atoms with Gasteiger partial charge in [-0.3, -0.25) is 0 Å². The van der Waals surface area contributed by atoms with Crippen LogP contribution in [0.1, 0.15) is 18.7 Å². The normalized spacial score (nSPS) is 15.6. The van der Waals surface area contributed by atoms with Gasteiger partial charge in [-0.2, -0.15) is 0 Å². The average molecular weight is 217 g/mol. The number of methoxy groups -OCH3 is 1. The maximum atomic E-state index is 5.18. The van der Waals surface area contributed by atoms with Crippen LogP contribution in [0, 0.1) is 0 Å². The molecule has 84 valence electrons. The van der Waals surface area contributed by atoms with E-state index in [0.29, 0.717) is 6.04 Å². The van der Waals surface area contributed by atoms with Gasteiger partial charge in [0.05, 0.1) is 24.7 Å². The fourth-order valence-electron chi connectivity index (χ4n) is 1.78. The monoisotopic (exact) mass is 217 g/mol. The number of nitrogens with zero attached hydrogens (tertiary/aromatic N) is 1. The summed E-state index contributed by atoms with van der Waals surface area (Å²) in [7, 11) is 1.67. The van der Waals surface area contributed by atoms with E-state index in [1.807, 2.05) is 18.2 Å². The van der Waals surface area contributed by atoms with Crippen molar-refractivity contribution >= 4 is 11.0 Å². The molecule has 0 unspecified atom stereocenters. The molecule has 1 aliphatic carbocycles. The highest BCUT2D eigenvalue weighted by atomic mass is 16.5. The number of nitrogens with one attached hydrogen (secondary N) is 2. The first-order valence-corrected chi connectivity index (χ1v) is 5.61. The van der Waals surface area contributed by atoms with Crippen LogP contribution in [0.15, 0.2) is 18.2 Å². The highest BCUT2D eigenvalue weighted by Gasteiger charge is 2.20. The Hall–Kier alpha value is -1.55. The average Bonchev–Trinajstić information content (AvgIpc) is 3.04. The van der Waals surface area contributed by atoms with E-state index in [-0.39, 0.29) is 0 Å². The van der Waals surface area contributed by atoms with Gasteiger partial charge in [0.1, 0.15) is 11.6 Å². The zero-order valence-electron chi connectivity index (χ0n) is 9.29. The van der Waals surface area contributed by atoms with Crippen LogP contribution < -0.4 is 10.1 Å². The Morgan fingerprint density at radius 1 is 1.50 bits per heavy atom. The Morgan fingerprint density at radius 2 is 2.38 bits per heavy atom. The first-order valence-electron chi connectivity index (χ1n) is 5.61. The molecular weight excluding hydrogens is 202 g/mol. The van der Waals surface area contributed by atoms with Gasteiger partial charge in [-0.05, 0) is 25.0 Å². The third-order valence-corrected chi connectivity index (χ3v) is 2.87. The minimum Gasteiger partial charge on any atom is -0.497 e. The van der Waals surface area contributed by atoms with E-state index in [4.69, 9.17) is 4.74 Å². The molecule has 16 heavy (non-hydrogen) atoms. The van der Waals surface area contributed by atoms with Crippen LogP contribution in [0.5, 0.6) is 5.75 Å². The quantitative estimate of drug-likeness (QED) is 0.821. The predicted octanol–water partition coefficient (Wildman–Crippen LogP) is 1.82. The van der Waals surface area contributed by atoms with Gasteiger partial charge >= 0.3 is 0 Å². The summed E-state index contributed by atoms with van der Waals surface area (Å²) in [6, 6.07) is 6.60. The van der Waals surface area contributed by atoms with Crippen LogP contribution in [-0.4, -0.2) is 23.1 Å². The summed E-state index contributed by atoms with van der Waals surface area (Å²) in [5.41, 5.74) is 2.03. The largest absolute Gasteiger partial charge is 0.497 e. The van der Waals surface area contributed by atoms with E-state index in [1.165, 1.54) is 12.8 Å². The van der Waals surface area contributed by atoms with Gasteiger partial charge in [0, 0.05) is 12.1 Å². The molecule has 0 aliphatic heterocycles. The molecule has 0 spiro atoms. The van der Waals surface area contributed by atoms with E-state index >= 15 is 0 Å². The zero-order chi connectivity index (χ0) is 11.0. The fourth-order valence-corrected chi connectivity index (χ4v) is 1.78. The molecule has 1 aromatic heterocycles. The number of hydrogen-bond donors (Lipinski definition) is 2. The summed E-state index contributed by atoms with van der Waals surface area (Å²) < 4.78 is 5.18. The predicted molar refractivity (Wildman–Crippen MR) is 62.5 cm³/mol. The SMILES string of the molecule is COc1ccc2nc(CNC3CC3)[nH]c2c1. The Morgan fingerprint density at radius 3 is 3.12 bits per heavy atom. The van der Waals surface area contributed by atoms with Gasteiger partial charge in [-0.1, -0.05) is 0 Å². The third kappa shape index (κ3) is 1.88. The van der Waals surface area contributed by atoms with Gasteiger partial charge < -0.3 is 15.0 Å². The second-order valence-corrected chi connectivity index (χ2v) is 4.22. The Balaban J connectivity index is 1.83. The lowest BCUT2D eigenvalue weighted by atomic mass is 10.3. The minimum atomic E-state index is 0.711. The fraction of sp³-hybridized carbons (Fsp3) is 0.417. The molecule has 2 N–H and O–H groups in total. The minimum absolute atomic E-state index is 0.711. The van der Waals surface area contributed by atoms with Crippen molar-refractivity contribution in [1.29, 1.82) is 0 Å². The van der Waals surface area contributed by atoms with E-state index < -0.39 is 0 Å². The van der Waals surface area contributed by atoms with Crippen LogP contribution in [0.3, 0.4) is 0 Å². The maximum Gasteiger partial charge on any atom is 0.121 e. The number of ether oxygens (including phenoxy) is 1. The molecule has 1 aromatic carbocycles. The summed E-state index contributed by atoms with van der Waals surface area (Å²) in [5, 5.41) is 3.44. The molecule has 4 nitrogen and oxygen atoms in total. The number of benzene rings is 1. The van der Waals surface area contributed by atoms with Crippen molar-refractivity contribution in [2.24, 2.45) is 0 Å². The molecule has 0 atom stereocenters. The van der Waals surface area contributed by atoms with E-state index in [2.05, 4.69) is 15.3 Å². The Kier molecular flexibility index (Phi) is 2.29. The molecule has 0 saturated heterocycles. The molecule has 1 fully saturated rings. The molecule has 0 bridgehead atoms. The number of hydrogen-bond acceptors (Lipinski definition) is 3. The van der Waals surface area contributed by atoms with Gasteiger partial charge in [0.25, 0.3) is 0 Å². The molecule has 4 heteroatoms. The lowest BCUT2D eigenvalue weighted by molar-refractivity contribution is 0.415. The third-order valence-electron chi connectivity index (χ3n) is 2.87.